The Kier molecular flexibility index (Phi) is 4.84. The van der Waals surface area contributed by atoms with Crippen LogP contribution in [0.15, 0.2) is 42.5 Å². The highest BCUT2D eigenvalue weighted by atomic mass is 32.1. The lowest BCUT2D eigenvalue weighted by Gasteiger charge is -2.28. The van der Waals surface area contributed by atoms with Gasteiger partial charge in [-0.2, -0.15) is 14.0 Å². The molecule has 10 heteroatoms. The van der Waals surface area contributed by atoms with Crippen molar-refractivity contribution in [3.63, 3.8) is 0 Å². The molecule has 1 aliphatic heterocycles. The van der Waals surface area contributed by atoms with E-state index in [-0.39, 0.29) is 27.5 Å². The predicted octanol–water partition coefficient (Wildman–Crippen LogP) is 4.61. The van der Waals surface area contributed by atoms with E-state index in [9.17, 15) is 0 Å². The van der Waals surface area contributed by atoms with Gasteiger partial charge in [0.05, 0.1) is 35.2 Å². The summed E-state index contributed by atoms with van der Waals surface area (Å²) in [4.78, 5) is 5.59. The molecule has 7 nitrogen and oxygen atoms in total. The van der Waals surface area contributed by atoms with E-state index in [0.717, 1.165) is 16.7 Å². The number of nitrogens with one attached hydrogen (secondary N) is 1. The molecular formula is C21H16F2N6OS. The number of benzene rings is 2. The smallest absolute Gasteiger partial charge is 0.291 e. The van der Waals surface area contributed by atoms with Gasteiger partial charge in [0.2, 0.25) is 11.5 Å². The highest BCUT2D eigenvalue weighted by Gasteiger charge is 2.43. The highest BCUT2D eigenvalue weighted by molar-refractivity contribution is 7.20. The summed E-state index contributed by atoms with van der Waals surface area (Å²) >= 11 is 1.09. The molecule has 0 aliphatic carbocycles. The molecule has 5 rings (SSSR count). The van der Waals surface area contributed by atoms with Gasteiger partial charge in [-0.15, -0.1) is 21.5 Å². The van der Waals surface area contributed by atoms with Gasteiger partial charge in [0.15, 0.2) is 0 Å². The number of tetrazole rings is 1. The average Bonchev–Trinajstić information content (AvgIpc) is 3.47. The van der Waals surface area contributed by atoms with Crippen LogP contribution in [0.1, 0.15) is 11.1 Å². The molecule has 2 aromatic carbocycles. The number of H-pyrrole nitrogens is 1. The maximum atomic E-state index is 16.0. The molecule has 0 unspecified atom stereocenters. The monoisotopic (exact) mass is 438 g/mol. The van der Waals surface area contributed by atoms with Crippen LogP contribution in [-0.2, 0) is 10.7 Å². The SMILES string of the molecule is [C-]#[N+]c1c(N2CCOCC2)sc(-c2nn[nH]n2)c1C(F)(F)c1ccc2ccccc2c1. The summed E-state index contributed by atoms with van der Waals surface area (Å²) in [5, 5.41) is 15.7. The van der Waals surface area contributed by atoms with E-state index in [4.69, 9.17) is 11.3 Å². The fraction of sp³-hybridized carbons (Fsp3) is 0.238. The van der Waals surface area contributed by atoms with Gasteiger partial charge >= 0.3 is 0 Å². The minimum Gasteiger partial charge on any atom is -0.378 e. The number of morpholine rings is 1. The minimum atomic E-state index is -3.43. The van der Waals surface area contributed by atoms with Crippen LogP contribution in [0.4, 0.5) is 19.5 Å². The summed E-state index contributed by atoms with van der Waals surface area (Å²) in [7, 11) is 0. The molecule has 3 heterocycles. The largest absolute Gasteiger partial charge is 0.378 e. The molecule has 0 bridgehead atoms. The number of aromatic amines is 1. The molecule has 31 heavy (non-hydrogen) atoms. The van der Waals surface area contributed by atoms with Crippen LogP contribution in [-0.4, -0.2) is 46.9 Å². The number of anilines is 1. The van der Waals surface area contributed by atoms with E-state index in [1.165, 1.54) is 12.1 Å². The first-order valence-corrected chi connectivity index (χ1v) is 10.4. The highest BCUT2D eigenvalue weighted by Crippen LogP contribution is 2.54. The molecule has 0 saturated carbocycles. The van der Waals surface area contributed by atoms with Crippen LogP contribution in [0, 0.1) is 6.57 Å². The van der Waals surface area contributed by atoms with Crippen LogP contribution in [0.5, 0.6) is 0 Å². The van der Waals surface area contributed by atoms with E-state index in [2.05, 4.69) is 25.5 Å². The van der Waals surface area contributed by atoms with Crippen LogP contribution in [0.3, 0.4) is 0 Å². The zero-order chi connectivity index (χ0) is 21.4. The van der Waals surface area contributed by atoms with Crippen molar-refractivity contribution in [1.82, 2.24) is 20.6 Å². The van der Waals surface area contributed by atoms with Crippen molar-refractivity contribution >= 4 is 32.8 Å². The molecule has 0 spiro atoms. The number of hydrogen-bond donors (Lipinski definition) is 1. The van der Waals surface area contributed by atoms with Crippen LogP contribution < -0.4 is 4.90 Å². The van der Waals surface area contributed by atoms with Gasteiger partial charge in [0.1, 0.15) is 0 Å². The van der Waals surface area contributed by atoms with Crippen molar-refractivity contribution in [1.29, 1.82) is 0 Å². The zero-order valence-electron chi connectivity index (χ0n) is 16.2. The van der Waals surface area contributed by atoms with Crippen LogP contribution in [0.2, 0.25) is 0 Å². The normalized spacial score (nSPS) is 14.7. The number of thiophene rings is 1. The van der Waals surface area contributed by atoms with Crippen LogP contribution in [0.25, 0.3) is 26.3 Å². The number of alkyl halides is 2. The Bertz CT molecular complexity index is 1280. The summed E-state index contributed by atoms with van der Waals surface area (Å²) in [6, 6.07) is 11.9. The van der Waals surface area contributed by atoms with Gasteiger partial charge in [-0.3, -0.25) is 0 Å². The van der Waals surface area contributed by atoms with Gasteiger partial charge < -0.3 is 9.64 Å². The molecule has 0 amide bonds. The van der Waals surface area contributed by atoms with E-state index >= 15 is 8.78 Å². The number of nitrogens with zero attached hydrogens (tertiary/aromatic N) is 5. The zero-order valence-corrected chi connectivity index (χ0v) is 17.0. The first kappa shape index (κ1) is 19.5. The van der Waals surface area contributed by atoms with Crippen molar-refractivity contribution in [2.45, 2.75) is 5.92 Å². The number of rotatable bonds is 4. The molecule has 1 saturated heterocycles. The molecule has 1 N–H and O–H groups in total. The lowest BCUT2D eigenvalue weighted by atomic mass is 9.96. The van der Waals surface area contributed by atoms with E-state index in [0.29, 0.717) is 36.7 Å². The Hall–Kier alpha value is -3.42. The second kappa shape index (κ2) is 7.68. The summed E-state index contributed by atoms with van der Waals surface area (Å²) in [5.41, 5.74) is -0.650. The number of hydrogen-bond acceptors (Lipinski definition) is 6. The summed E-state index contributed by atoms with van der Waals surface area (Å²) in [5.74, 6) is -3.38. The molecule has 1 aliphatic rings. The number of halogens is 2. The fourth-order valence-electron chi connectivity index (χ4n) is 3.73. The number of ether oxygens (including phenoxy) is 1. The predicted molar refractivity (Wildman–Crippen MR) is 114 cm³/mol. The molecule has 0 radical (unpaired) electrons. The van der Waals surface area contributed by atoms with Crippen molar-refractivity contribution in [2.75, 3.05) is 31.2 Å². The topological polar surface area (TPSA) is 71.3 Å². The second-order valence-corrected chi connectivity index (χ2v) is 8.04. The van der Waals surface area contributed by atoms with E-state index < -0.39 is 5.92 Å². The average molecular weight is 438 g/mol. The molecule has 1 fully saturated rings. The van der Waals surface area contributed by atoms with E-state index in [1.54, 1.807) is 18.2 Å². The number of fused-ring (bicyclic) bond motifs is 1. The third-order valence-corrected chi connectivity index (χ3v) is 6.49. The maximum absolute atomic E-state index is 16.0. The first-order valence-electron chi connectivity index (χ1n) is 9.58. The second-order valence-electron chi connectivity index (χ2n) is 7.04. The molecule has 0 atom stereocenters. The lowest BCUT2D eigenvalue weighted by Crippen LogP contribution is -2.35. The molecule has 156 valence electrons. The fourth-order valence-corrected chi connectivity index (χ4v) is 4.98. The standard InChI is InChI=1S/C21H16F2N6OS/c1-24-17-16(21(22,23)15-7-6-13-4-2-3-5-14(13)12-15)18(19-25-27-28-26-19)31-20(17)29-8-10-30-11-9-29/h2-7,12H,8-11H2,(H,25,26,27,28). The number of aromatic nitrogens is 4. The Morgan fingerprint density at radius 2 is 1.90 bits per heavy atom. The molecule has 4 aromatic rings. The molecule has 2 aromatic heterocycles. The summed E-state index contributed by atoms with van der Waals surface area (Å²) in [6.07, 6.45) is 0. The Morgan fingerprint density at radius 1 is 1.13 bits per heavy atom. The Morgan fingerprint density at radius 3 is 2.61 bits per heavy atom. The summed E-state index contributed by atoms with van der Waals surface area (Å²) in [6.45, 7) is 9.73. The van der Waals surface area contributed by atoms with Crippen molar-refractivity contribution < 1.29 is 13.5 Å². The lowest BCUT2D eigenvalue weighted by molar-refractivity contribution is 0.0449. The van der Waals surface area contributed by atoms with Gasteiger partial charge in [0.25, 0.3) is 5.92 Å². The first-order chi connectivity index (χ1) is 15.1. The van der Waals surface area contributed by atoms with Gasteiger partial charge in [-0.25, -0.2) is 4.85 Å². The van der Waals surface area contributed by atoms with Crippen molar-refractivity contribution in [3.8, 4) is 10.7 Å². The van der Waals surface area contributed by atoms with Crippen molar-refractivity contribution in [3.05, 3.63) is 65.0 Å². The Balaban J connectivity index is 1.72. The van der Waals surface area contributed by atoms with Crippen molar-refractivity contribution in [2.24, 2.45) is 0 Å². The maximum Gasteiger partial charge on any atom is 0.291 e. The van der Waals surface area contributed by atoms with Gasteiger partial charge in [-0.05, 0) is 22.1 Å². The van der Waals surface area contributed by atoms with Gasteiger partial charge in [-0.1, -0.05) is 36.4 Å². The summed E-state index contributed by atoms with van der Waals surface area (Å²) < 4.78 is 37.4. The Labute approximate surface area is 180 Å². The minimum absolute atomic E-state index is 0.0462. The van der Waals surface area contributed by atoms with Crippen LogP contribution >= 0.6 is 11.3 Å². The third kappa shape index (κ3) is 3.32. The quantitative estimate of drug-likeness (QED) is 0.471. The third-order valence-electron chi connectivity index (χ3n) is 5.25. The van der Waals surface area contributed by atoms with Gasteiger partial charge in [0, 0.05) is 18.7 Å². The molecular weight excluding hydrogens is 422 g/mol. The van der Waals surface area contributed by atoms with E-state index in [1.807, 2.05) is 17.0 Å².